The minimum Gasteiger partial charge on any atom is -0.351 e. The fourth-order valence-corrected chi connectivity index (χ4v) is 3.65. The van der Waals surface area contributed by atoms with Crippen molar-refractivity contribution in [3.63, 3.8) is 0 Å². The lowest BCUT2D eigenvalue weighted by Gasteiger charge is -2.44. The van der Waals surface area contributed by atoms with Crippen molar-refractivity contribution in [2.24, 2.45) is 11.8 Å². The Kier molecular flexibility index (Phi) is 3.74. The van der Waals surface area contributed by atoms with Gasteiger partial charge in [-0.1, -0.05) is 12.8 Å². The van der Waals surface area contributed by atoms with E-state index in [0.717, 1.165) is 25.5 Å². The summed E-state index contributed by atoms with van der Waals surface area (Å²) in [6.07, 6.45) is 6.92. The minimum absolute atomic E-state index is 0.0978. The van der Waals surface area contributed by atoms with E-state index in [1.54, 1.807) is 0 Å². The lowest BCUT2D eigenvalue weighted by Crippen LogP contribution is -2.47. The first-order valence-electron chi connectivity index (χ1n) is 7.30. The average molecular weight is 282 g/mol. The van der Waals surface area contributed by atoms with E-state index in [9.17, 15) is 8.78 Å². The van der Waals surface area contributed by atoms with Crippen molar-refractivity contribution in [2.45, 2.75) is 44.6 Å². The smallest absolute Gasteiger partial charge is 0.178 e. The molecule has 0 spiro atoms. The minimum atomic E-state index is -0.758. The number of hydrogen-bond acceptors (Lipinski definition) is 4. The van der Waals surface area contributed by atoms with Crippen LogP contribution in [0.2, 0.25) is 0 Å². The molecule has 2 unspecified atom stereocenters. The van der Waals surface area contributed by atoms with E-state index in [4.69, 9.17) is 5.84 Å². The molecule has 1 aromatic rings. The molecule has 2 atom stereocenters. The van der Waals surface area contributed by atoms with Gasteiger partial charge >= 0.3 is 0 Å². The molecule has 3 N–H and O–H groups in total. The van der Waals surface area contributed by atoms with Crippen molar-refractivity contribution in [2.75, 3.05) is 16.9 Å². The van der Waals surface area contributed by atoms with Gasteiger partial charge in [0.25, 0.3) is 0 Å². The number of aromatic nitrogens is 1. The molecule has 4 nitrogen and oxygen atoms in total. The molecule has 1 aliphatic heterocycles. The van der Waals surface area contributed by atoms with Crippen LogP contribution >= 0.6 is 0 Å². The van der Waals surface area contributed by atoms with Crippen LogP contribution < -0.4 is 16.2 Å². The highest BCUT2D eigenvalue weighted by molar-refractivity contribution is 5.50. The van der Waals surface area contributed by atoms with Gasteiger partial charge in [0.1, 0.15) is 0 Å². The largest absolute Gasteiger partial charge is 0.351 e. The molecule has 1 aliphatic carbocycles. The van der Waals surface area contributed by atoms with E-state index in [-0.39, 0.29) is 11.6 Å². The van der Waals surface area contributed by atoms with Crippen LogP contribution in [0.3, 0.4) is 0 Å². The molecule has 2 fully saturated rings. The number of nitrogen functional groups attached to an aromatic ring is 1. The monoisotopic (exact) mass is 282 g/mol. The van der Waals surface area contributed by atoms with Gasteiger partial charge in [0, 0.05) is 18.7 Å². The van der Waals surface area contributed by atoms with Crippen LogP contribution in [0, 0.1) is 17.6 Å². The number of halogens is 2. The van der Waals surface area contributed by atoms with Crippen molar-refractivity contribution in [3.05, 3.63) is 17.7 Å². The van der Waals surface area contributed by atoms with Gasteiger partial charge in [0.15, 0.2) is 23.3 Å². The second kappa shape index (κ2) is 5.52. The predicted molar refractivity (Wildman–Crippen MR) is 74.3 cm³/mol. The van der Waals surface area contributed by atoms with E-state index in [0.29, 0.717) is 12.0 Å². The zero-order valence-corrected chi connectivity index (χ0v) is 11.4. The van der Waals surface area contributed by atoms with Crippen LogP contribution in [-0.2, 0) is 0 Å². The molecule has 3 rings (SSSR count). The Bertz CT molecular complexity index is 492. The van der Waals surface area contributed by atoms with E-state index in [1.165, 1.54) is 25.7 Å². The number of nitrogens with zero attached hydrogens (tertiary/aromatic N) is 2. The molecule has 6 heteroatoms. The van der Waals surface area contributed by atoms with Gasteiger partial charge in [-0.3, -0.25) is 0 Å². The zero-order valence-electron chi connectivity index (χ0n) is 11.4. The Balaban J connectivity index is 1.94. The third kappa shape index (κ3) is 2.32. The molecule has 0 bridgehead atoms. The Morgan fingerprint density at radius 1 is 1.15 bits per heavy atom. The number of piperidine rings is 1. The standard InChI is InChI=1S/C14H20F2N4/c15-10-8-11(16)14(18-13(10)19-17)20-7-3-5-9-4-1-2-6-12(9)20/h8-9,12H,1-7,17H2,(H,18,19). The predicted octanol–water partition coefficient (Wildman–Crippen LogP) is 2.80. The summed E-state index contributed by atoms with van der Waals surface area (Å²) in [5.74, 6) is 4.62. The lowest BCUT2D eigenvalue weighted by molar-refractivity contribution is 0.241. The normalized spacial score (nSPS) is 26.2. The highest BCUT2D eigenvalue weighted by Crippen LogP contribution is 2.38. The molecule has 2 heterocycles. The average Bonchev–Trinajstić information content (AvgIpc) is 2.47. The molecule has 0 amide bonds. The lowest BCUT2D eigenvalue weighted by atomic mass is 9.78. The first kappa shape index (κ1) is 13.5. The van der Waals surface area contributed by atoms with E-state index in [2.05, 4.69) is 10.4 Å². The molecule has 2 aliphatic rings. The van der Waals surface area contributed by atoms with Gasteiger partial charge in [-0.05, 0) is 31.6 Å². The fourth-order valence-electron chi connectivity index (χ4n) is 3.65. The fraction of sp³-hybridized carbons (Fsp3) is 0.643. The number of pyridine rings is 1. The van der Waals surface area contributed by atoms with Gasteiger partial charge in [-0.2, -0.15) is 0 Å². The summed E-state index contributed by atoms with van der Waals surface area (Å²) in [6, 6.07) is 1.19. The van der Waals surface area contributed by atoms with Gasteiger partial charge in [-0.25, -0.2) is 19.6 Å². The molecule has 1 aromatic heterocycles. The number of nitrogens with one attached hydrogen (secondary N) is 1. The maximum absolute atomic E-state index is 14.1. The number of hydrogen-bond donors (Lipinski definition) is 2. The Labute approximate surface area is 117 Å². The van der Waals surface area contributed by atoms with Gasteiger partial charge in [0.05, 0.1) is 0 Å². The van der Waals surface area contributed by atoms with Gasteiger partial charge in [0.2, 0.25) is 0 Å². The van der Waals surface area contributed by atoms with Crippen molar-refractivity contribution < 1.29 is 8.78 Å². The van der Waals surface area contributed by atoms with Crippen LogP contribution in [-0.4, -0.2) is 17.6 Å². The third-order valence-corrected chi connectivity index (χ3v) is 4.56. The molecule has 1 saturated heterocycles. The summed E-state index contributed by atoms with van der Waals surface area (Å²) >= 11 is 0. The summed E-state index contributed by atoms with van der Waals surface area (Å²) < 4.78 is 27.6. The Morgan fingerprint density at radius 2 is 1.90 bits per heavy atom. The summed E-state index contributed by atoms with van der Waals surface area (Å²) in [4.78, 5) is 6.06. The summed E-state index contributed by atoms with van der Waals surface area (Å²) in [5.41, 5.74) is 2.19. The number of fused-ring (bicyclic) bond motifs is 1. The molecule has 20 heavy (non-hydrogen) atoms. The number of rotatable bonds is 2. The Hall–Kier alpha value is -1.43. The van der Waals surface area contributed by atoms with Crippen LogP contribution in [0.15, 0.2) is 6.07 Å². The van der Waals surface area contributed by atoms with Crippen molar-refractivity contribution >= 4 is 11.6 Å². The maximum atomic E-state index is 14.1. The van der Waals surface area contributed by atoms with Crippen molar-refractivity contribution in [1.82, 2.24) is 4.98 Å². The van der Waals surface area contributed by atoms with Crippen LogP contribution in [0.25, 0.3) is 0 Å². The molecule has 110 valence electrons. The molecule has 0 aromatic carbocycles. The second-order valence-electron chi connectivity index (χ2n) is 5.72. The maximum Gasteiger partial charge on any atom is 0.178 e. The van der Waals surface area contributed by atoms with Crippen LogP contribution in [0.1, 0.15) is 38.5 Å². The summed E-state index contributed by atoms with van der Waals surface area (Å²) in [5, 5.41) is 0. The summed E-state index contributed by atoms with van der Waals surface area (Å²) in [6.45, 7) is 0.779. The van der Waals surface area contributed by atoms with Gasteiger partial charge < -0.3 is 10.3 Å². The molecular formula is C14H20F2N4. The molecular weight excluding hydrogens is 262 g/mol. The van der Waals surface area contributed by atoms with E-state index < -0.39 is 11.6 Å². The van der Waals surface area contributed by atoms with Gasteiger partial charge in [-0.15, -0.1) is 0 Å². The second-order valence-corrected chi connectivity index (χ2v) is 5.72. The quantitative estimate of drug-likeness (QED) is 0.647. The van der Waals surface area contributed by atoms with E-state index >= 15 is 0 Å². The summed E-state index contributed by atoms with van der Waals surface area (Å²) in [7, 11) is 0. The highest BCUT2D eigenvalue weighted by Gasteiger charge is 2.35. The zero-order chi connectivity index (χ0) is 14.1. The first-order valence-corrected chi connectivity index (χ1v) is 7.30. The van der Waals surface area contributed by atoms with Crippen molar-refractivity contribution in [3.8, 4) is 0 Å². The first-order chi connectivity index (χ1) is 9.70. The van der Waals surface area contributed by atoms with Crippen molar-refractivity contribution in [1.29, 1.82) is 0 Å². The molecule has 0 radical (unpaired) electrons. The topological polar surface area (TPSA) is 54.2 Å². The Morgan fingerprint density at radius 3 is 2.70 bits per heavy atom. The number of anilines is 2. The number of hydrazine groups is 1. The van der Waals surface area contributed by atoms with E-state index in [1.807, 2.05) is 4.90 Å². The third-order valence-electron chi connectivity index (χ3n) is 4.56. The molecule has 1 saturated carbocycles. The number of nitrogens with two attached hydrogens (primary N) is 1. The SMILES string of the molecule is NNc1nc(N2CCCC3CCCCC32)c(F)cc1F. The van der Waals surface area contributed by atoms with Crippen LogP contribution in [0.5, 0.6) is 0 Å². The van der Waals surface area contributed by atoms with Crippen LogP contribution in [0.4, 0.5) is 20.4 Å². The highest BCUT2D eigenvalue weighted by atomic mass is 19.1.